The van der Waals surface area contributed by atoms with Crippen LogP contribution in [-0.4, -0.2) is 19.0 Å². The van der Waals surface area contributed by atoms with Gasteiger partial charge in [-0.1, -0.05) is 6.42 Å². The maximum absolute atomic E-state index is 5.90. The van der Waals surface area contributed by atoms with E-state index in [0.717, 1.165) is 24.9 Å². The van der Waals surface area contributed by atoms with Crippen molar-refractivity contribution in [2.24, 2.45) is 28.0 Å². The van der Waals surface area contributed by atoms with Crippen LogP contribution in [0.25, 0.3) is 0 Å². The fraction of sp³-hybridized carbons (Fsp3) is 0.923. The summed E-state index contributed by atoms with van der Waals surface area (Å²) in [5.41, 5.74) is 6.48. The zero-order valence-corrected chi connectivity index (χ0v) is 12.8. The number of nitrogens with one attached hydrogen (secondary N) is 1. The van der Waals surface area contributed by atoms with Crippen molar-refractivity contribution in [2.45, 2.75) is 44.9 Å². The van der Waals surface area contributed by atoms with E-state index >= 15 is 0 Å². The van der Waals surface area contributed by atoms with E-state index in [4.69, 9.17) is 5.73 Å². The van der Waals surface area contributed by atoms with Gasteiger partial charge in [-0.15, -0.1) is 24.0 Å². The summed E-state index contributed by atoms with van der Waals surface area (Å²) in [4.78, 5) is 4.53. The summed E-state index contributed by atoms with van der Waals surface area (Å²) in [7, 11) is 0. The monoisotopic (exact) mass is 349 g/mol. The minimum absolute atomic E-state index is 0. The lowest BCUT2D eigenvalue weighted by molar-refractivity contribution is 0.315. The molecular formula is C13H24IN3. The van der Waals surface area contributed by atoms with Crippen molar-refractivity contribution in [3.05, 3.63) is 0 Å². The molecule has 3 nitrogen and oxygen atoms in total. The first-order chi connectivity index (χ1) is 7.78. The largest absolute Gasteiger partial charge is 0.370 e. The fourth-order valence-corrected chi connectivity index (χ4v) is 2.80. The van der Waals surface area contributed by atoms with Gasteiger partial charge in [0.15, 0.2) is 5.96 Å². The first-order valence-electron chi connectivity index (χ1n) is 6.82. The molecule has 0 aliphatic heterocycles. The molecule has 0 spiro atoms. The minimum Gasteiger partial charge on any atom is -0.370 e. The van der Waals surface area contributed by atoms with Crippen LogP contribution < -0.4 is 11.1 Å². The van der Waals surface area contributed by atoms with Crippen molar-refractivity contribution >= 4 is 29.9 Å². The second-order valence-electron chi connectivity index (χ2n) is 6.02. The Balaban J connectivity index is 0.00000108. The Morgan fingerprint density at radius 3 is 2.41 bits per heavy atom. The SMILES string of the molecule is I.NC(=NCC1(C2CC2)CC1)NCC1CCC1. The molecule has 3 saturated carbocycles. The van der Waals surface area contributed by atoms with E-state index in [1.54, 1.807) is 0 Å². The van der Waals surface area contributed by atoms with Crippen LogP contribution in [0.2, 0.25) is 0 Å². The van der Waals surface area contributed by atoms with Crippen LogP contribution in [-0.2, 0) is 0 Å². The van der Waals surface area contributed by atoms with Crippen LogP contribution in [0.15, 0.2) is 4.99 Å². The van der Waals surface area contributed by atoms with Crippen molar-refractivity contribution in [3.63, 3.8) is 0 Å². The van der Waals surface area contributed by atoms with Gasteiger partial charge in [-0.05, 0) is 55.8 Å². The number of hydrogen-bond acceptors (Lipinski definition) is 1. The number of aliphatic imine (C=N–C) groups is 1. The number of nitrogens with two attached hydrogens (primary N) is 1. The van der Waals surface area contributed by atoms with Crippen LogP contribution in [0.1, 0.15) is 44.9 Å². The molecule has 4 heteroatoms. The van der Waals surface area contributed by atoms with Gasteiger partial charge in [0.05, 0.1) is 0 Å². The average molecular weight is 349 g/mol. The summed E-state index contributed by atoms with van der Waals surface area (Å²) in [6, 6.07) is 0. The molecular weight excluding hydrogens is 325 g/mol. The summed E-state index contributed by atoms with van der Waals surface area (Å²) in [5.74, 6) is 2.52. The molecule has 0 atom stereocenters. The maximum Gasteiger partial charge on any atom is 0.188 e. The molecule has 3 N–H and O–H groups in total. The van der Waals surface area contributed by atoms with Gasteiger partial charge >= 0.3 is 0 Å². The first kappa shape index (κ1) is 13.4. The Bertz CT molecular complexity index is 291. The quantitative estimate of drug-likeness (QED) is 0.455. The van der Waals surface area contributed by atoms with E-state index in [-0.39, 0.29) is 24.0 Å². The molecule has 0 radical (unpaired) electrons. The molecule has 3 aliphatic carbocycles. The Morgan fingerprint density at radius 2 is 1.94 bits per heavy atom. The second kappa shape index (κ2) is 5.33. The molecule has 0 aromatic rings. The summed E-state index contributed by atoms with van der Waals surface area (Å²) >= 11 is 0. The van der Waals surface area contributed by atoms with Crippen LogP contribution in [0, 0.1) is 17.3 Å². The third-order valence-corrected chi connectivity index (χ3v) is 4.70. The zero-order valence-electron chi connectivity index (χ0n) is 10.5. The second-order valence-corrected chi connectivity index (χ2v) is 6.02. The molecule has 98 valence electrons. The molecule has 0 amide bonds. The van der Waals surface area contributed by atoms with Crippen LogP contribution >= 0.6 is 24.0 Å². The van der Waals surface area contributed by atoms with Crippen LogP contribution in [0.3, 0.4) is 0 Å². The average Bonchev–Trinajstić information content (AvgIpc) is 3.04. The lowest BCUT2D eigenvalue weighted by Gasteiger charge is -2.25. The van der Waals surface area contributed by atoms with Gasteiger partial charge in [0.1, 0.15) is 0 Å². The number of halogens is 1. The maximum atomic E-state index is 5.90. The van der Waals surface area contributed by atoms with E-state index in [1.807, 2.05) is 0 Å². The number of guanidine groups is 1. The van der Waals surface area contributed by atoms with Crippen molar-refractivity contribution in [1.82, 2.24) is 5.32 Å². The Hall–Kier alpha value is 0. The normalized spacial score (nSPS) is 26.9. The van der Waals surface area contributed by atoms with E-state index in [0.29, 0.717) is 11.4 Å². The molecule has 0 aromatic carbocycles. The Kier molecular flexibility index (Phi) is 4.21. The molecule has 3 aliphatic rings. The molecule has 0 unspecified atom stereocenters. The van der Waals surface area contributed by atoms with Gasteiger partial charge in [0, 0.05) is 13.1 Å². The van der Waals surface area contributed by atoms with Crippen LogP contribution in [0.5, 0.6) is 0 Å². The highest BCUT2D eigenvalue weighted by Gasteiger charge is 2.53. The molecule has 3 fully saturated rings. The highest BCUT2D eigenvalue weighted by molar-refractivity contribution is 14.0. The predicted octanol–water partition coefficient (Wildman–Crippen LogP) is 2.50. The first-order valence-corrected chi connectivity index (χ1v) is 6.82. The standard InChI is InChI=1S/C13H23N3.HI/c14-12(15-8-10-2-1-3-10)16-9-13(6-7-13)11-4-5-11;/h10-11H,1-9H2,(H3,14,15,16);1H. The predicted molar refractivity (Wildman–Crippen MR) is 81.6 cm³/mol. The number of hydrogen-bond donors (Lipinski definition) is 2. The van der Waals surface area contributed by atoms with Gasteiger partial charge in [0.25, 0.3) is 0 Å². The Labute approximate surface area is 121 Å². The summed E-state index contributed by atoms with van der Waals surface area (Å²) < 4.78 is 0. The topological polar surface area (TPSA) is 50.4 Å². The zero-order chi connectivity index (χ0) is 11.0. The van der Waals surface area contributed by atoms with E-state index in [1.165, 1.54) is 44.9 Å². The van der Waals surface area contributed by atoms with Gasteiger partial charge in [-0.3, -0.25) is 4.99 Å². The van der Waals surface area contributed by atoms with Gasteiger partial charge in [-0.2, -0.15) is 0 Å². The molecule has 0 bridgehead atoms. The molecule has 3 rings (SSSR count). The van der Waals surface area contributed by atoms with E-state index in [2.05, 4.69) is 10.3 Å². The molecule has 0 saturated heterocycles. The van der Waals surface area contributed by atoms with Crippen molar-refractivity contribution in [3.8, 4) is 0 Å². The molecule has 0 heterocycles. The van der Waals surface area contributed by atoms with E-state index in [9.17, 15) is 0 Å². The lowest BCUT2D eigenvalue weighted by atomic mass is 9.85. The third-order valence-electron chi connectivity index (χ3n) is 4.70. The number of nitrogens with zero attached hydrogens (tertiary/aromatic N) is 1. The van der Waals surface area contributed by atoms with Crippen molar-refractivity contribution < 1.29 is 0 Å². The van der Waals surface area contributed by atoms with Gasteiger partial charge in [0.2, 0.25) is 0 Å². The minimum atomic E-state index is 0. The third kappa shape index (κ3) is 3.26. The highest BCUT2D eigenvalue weighted by atomic mass is 127. The number of rotatable bonds is 5. The fourth-order valence-electron chi connectivity index (χ4n) is 2.80. The van der Waals surface area contributed by atoms with E-state index < -0.39 is 0 Å². The molecule has 0 aromatic heterocycles. The Morgan fingerprint density at radius 1 is 1.24 bits per heavy atom. The van der Waals surface area contributed by atoms with Crippen LogP contribution in [0.4, 0.5) is 0 Å². The highest BCUT2D eigenvalue weighted by Crippen LogP contribution is 2.61. The molecule has 17 heavy (non-hydrogen) atoms. The summed E-state index contributed by atoms with van der Waals surface area (Å²) in [6.45, 7) is 2.01. The van der Waals surface area contributed by atoms with Gasteiger partial charge in [-0.25, -0.2) is 0 Å². The summed E-state index contributed by atoms with van der Waals surface area (Å²) in [6.07, 6.45) is 9.77. The van der Waals surface area contributed by atoms with Gasteiger partial charge < -0.3 is 11.1 Å². The summed E-state index contributed by atoms with van der Waals surface area (Å²) in [5, 5.41) is 3.27. The lowest BCUT2D eigenvalue weighted by Crippen LogP contribution is -2.37. The van der Waals surface area contributed by atoms with Crippen molar-refractivity contribution in [1.29, 1.82) is 0 Å². The smallest absolute Gasteiger partial charge is 0.188 e. The van der Waals surface area contributed by atoms with Crippen molar-refractivity contribution in [2.75, 3.05) is 13.1 Å².